The van der Waals surface area contributed by atoms with Gasteiger partial charge in [0.05, 0.1) is 5.56 Å². The third kappa shape index (κ3) is 4.84. The Labute approximate surface area is 179 Å². The van der Waals surface area contributed by atoms with E-state index >= 15 is 0 Å². The van der Waals surface area contributed by atoms with E-state index in [0.717, 1.165) is 30.0 Å². The van der Waals surface area contributed by atoms with Gasteiger partial charge in [-0.1, -0.05) is 12.1 Å². The molecular weight excluding hydrogens is 471 g/mol. The van der Waals surface area contributed by atoms with Gasteiger partial charge in [0.1, 0.15) is 11.4 Å². The summed E-state index contributed by atoms with van der Waals surface area (Å²) in [6.07, 6.45) is -7.13. The predicted molar refractivity (Wildman–Crippen MR) is 99.6 cm³/mol. The summed E-state index contributed by atoms with van der Waals surface area (Å²) in [5, 5.41) is 20.2. The summed E-state index contributed by atoms with van der Waals surface area (Å²) < 4.78 is 99.0. The third-order valence-electron chi connectivity index (χ3n) is 4.34. The van der Waals surface area contributed by atoms with Crippen molar-refractivity contribution in [1.29, 1.82) is 0 Å². The van der Waals surface area contributed by atoms with Gasteiger partial charge in [0.25, 0.3) is 5.91 Å². The van der Waals surface area contributed by atoms with Crippen LogP contribution >= 0.6 is 11.8 Å². The highest BCUT2D eigenvalue weighted by atomic mass is 32.2. The van der Waals surface area contributed by atoms with E-state index in [1.165, 1.54) is 0 Å². The summed E-state index contributed by atoms with van der Waals surface area (Å²) in [6, 6.07) is 3.17. The van der Waals surface area contributed by atoms with E-state index in [9.17, 15) is 45.7 Å². The number of ether oxygens (including phenoxy) is 1. The van der Waals surface area contributed by atoms with Crippen LogP contribution in [0.5, 0.6) is 5.75 Å². The Morgan fingerprint density at radius 3 is 2.22 bits per heavy atom. The minimum absolute atomic E-state index is 0.0446. The fraction of sp³-hybridized carbons (Fsp3) is 0.211. The molecule has 0 atom stereocenters. The first-order chi connectivity index (χ1) is 14.9. The smallest absolute Gasteiger partial charge is 0.406 e. The average molecular weight is 483 g/mol. The quantitative estimate of drug-likeness (QED) is 0.339. The van der Waals surface area contributed by atoms with Gasteiger partial charge in [-0.3, -0.25) is 4.79 Å². The second kappa shape index (κ2) is 9.00. The standard InChI is InChI=1S/C19H12F7NO4S/c20-12-11(7-2-1-3-8(4-7)31-19(24,25)26)13(21)15(23)16(14(12)22)27-17(28)9-5-32-6-10(9)18(29)30/h1-4,18,29-30H,5-6H2,(H,27,28). The van der Waals surface area contributed by atoms with E-state index in [0.29, 0.717) is 6.07 Å². The Bertz CT molecular complexity index is 1070. The Morgan fingerprint density at radius 1 is 1.03 bits per heavy atom. The molecule has 0 bridgehead atoms. The molecule has 2 aromatic carbocycles. The Hall–Kier alpha value is -2.77. The highest BCUT2D eigenvalue weighted by Gasteiger charge is 2.33. The zero-order valence-electron chi connectivity index (χ0n) is 15.6. The third-order valence-corrected chi connectivity index (χ3v) is 5.34. The molecule has 2 aromatic rings. The van der Waals surface area contributed by atoms with Crippen molar-refractivity contribution in [3.8, 4) is 16.9 Å². The van der Waals surface area contributed by atoms with Gasteiger partial charge in [-0.15, -0.1) is 13.2 Å². The van der Waals surface area contributed by atoms with Crippen molar-refractivity contribution in [3.05, 3.63) is 58.7 Å². The second-order valence-corrected chi connectivity index (χ2v) is 7.39. The maximum atomic E-state index is 14.6. The van der Waals surface area contributed by atoms with Gasteiger partial charge in [0, 0.05) is 22.7 Å². The fourth-order valence-electron chi connectivity index (χ4n) is 2.92. The summed E-state index contributed by atoms with van der Waals surface area (Å²) in [5.74, 6) is -10.0. The van der Waals surface area contributed by atoms with Crippen LogP contribution in [0.15, 0.2) is 35.4 Å². The molecule has 3 N–H and O–H groups in total. The van der Waals surface area contributed by atoms with Crippen molar-refractivity contribution < 1.29 is 50.5 Å². The number of benzene rings is 2. The average Bonchev–Trinajstić information content (AvgIpc) is 3.19. The number of amides is 1. The number of carbonyl (C=O) groups excluding carboxylic acids is 1. The normalized spacial score (nSPS) is 14.3. The van der Waals surface area contributed by atoms with Crippen molar-refractivity contribution in [3.63, 3.8) is 0 Å². The molecule has 0 saturated heterocycles. The predicted octanol–water partition coefficient (Wildman–Crippen LogP) is 4.10. The molecule has 0 radical (unpaired) electrons. The maximum absolute atomic E-state index is 14.6. The molecule has 172 valence electrons. The minimum atomic E-state index is -5.12. The summed E-state index contributed by atoms with van der Waals surface area (Å²) in [5.41, 5.74) is -3.81. The van der Waals surface area contributed by atoms with E-state index < -0.39 is 64.4 Å². The lowest BCUT2D eigenvalue weighted by Gasteiger charge is -2.15. The summed E-state index contributed by atoms with van der Waals surface area (Å²) >= 11 is 1.09. The van der Waals surface area contributed by atoms with Gasteiger partial charge in [-0.25, -0.2) is 17.6 Å². The molecule has 32 heavy (non-hydrogen) atoms. The molecule has 0 saturated carbocycles. The number of halogens is 7. The monoisotopic (exact) mass is 483 g/mol. The fourth-order valence-corrected chi connectivity index (χ4v) is 4.08. The lowest BCUT2D eigenvalue weighted by Crippen LogP contribution is -2.22. The minimum Gasteiger partial charge on any atom is -0.406 e. The number of hydrogen-bond donors (Lipinski definition) is 3. The van der Waals surface area contributed by atoms with Crippen LogP contribution in [0.3, 0.4) is 0 Å². The number of carbonyl (C=O) groups is 1. The van der Waals surface area contributed by atoms with Crippen LogP contribution in [0.1, 0.15) is 0 Å². The van der Waals surface area contributed by atoms with E-state index in [1.807, 2.05) is 0 Å². The first-order valence-electron chi connectivity index (χ1n) is 8.60. The van der Waals surface area contributed by atoms with Crippen LogP contribution in [-0.2, 0) is 4.79 Å². The van der Waals surface area contributed by atoms with Gasteiger partial charge >= 0.3 is 6.36 Å². The van der Waals surface area contributed by atoms with Gasteiger partial charge in [-0.2, -0.15) is 11.8 Å². The highest BCUT2D eigenvalue weighted by Crippen LogP contribution is 2.37. The molecular formula is C19H12F7NO4S. The van der Waals surface area contributed by atoms with Crippen LogP contribution in [0.25, 0.3) is 11.1 Å². The maximum Gasteiger partial charge on any atom is 0.573 e. The molecule has 5 nitrogen and oxygen atoms in total. The highest BCUT2D eigenvalue weighted by molar-refractivity contribution is 8.00. The van der Waals surface area contributed by atoms with Crippen LogP contribution in [0.2, 0.25) is 0 Å². The number of nitrogens with one attached hydrogen (secondary N) is 1. The van der Waals surface area contributed by atoms with Gasteiger partial charge in [-0.05, 0) is 17.7 Å². The van der Waals surface area contributed by atoms with Crippen LogP contribution in [0, 0.1) is 23.3 Å². The molecule has 1 heterocycles. The Morgan fingerprint density at radius 2 is 1.66 bits per heavy atom. The Balaban J connectivity index is 2.02. The summed E-state index contributed by atoms with van der Waals surface area (Å²) in [4.78, 5) is 12.3. The summed E-state index contributed by atoms with van der Waals surface area (Å²) in [7, 11) is 0. The number of alkyl halides is 3. The number of hydrogen-bond acceptors (Lipinski definition) is 5. The molecule has 0 unspecified atom stereocenters. The molecule has 13 heteroatoms. The van der Waals surface area contributed by atoms with Gasteiger partial charge in [0.15, 0.2) is 29.6 Å². The molecule has 1 amide bonds. The number of aliphatic hydroxyl groups is 2. The van der Waals surface area contributed by atoms with Crippen LogP contribution in [0.4, 0.5) is 36.4 Å². The van der Waals surface area contributed by atoms with Gasteiger partial charge in [0.2, 0.25) is 0 Å². The lowest BCUT2D eigenvalue weighted by molar-refractivity contribution is -0.274. The SMILES string of the molecule is O=C(Nc1c(F)c(F)c(-c2cccc(OC(F)(F)F)c2)c(F)c1F)C1=C(C(O)O)CSC1. The Kier molecular flexibility index (Phi) is 6.72. The largest absolute Gasteiger partial charge is 0.573 e. The lowest BCUT2D eigenvalue weighted by atomic mass is 10.0. The summed E-state index contributed by atoms with van der Waals surface area (Å²) in [6.45, 7) is 0. The first kappa shape index (κ1) is 23.9. The molecule has 3 rings (SSSR count). The molecule has 0 aliphatic carbocycles. The van der Waals surface area contributed by atoms with Crippen molar-refractivity contribution in [1.82, 2.24) is 0 Å². The van der Waals surface area contributed by atoms with Crippen molar-refractivity contribution in [2.75, 3.05) is 16.8 Å². The van der Waals surface area contributed by atoms with E-state index in [1.54, 1.807) is 5.32 Å². The van der Waals surface area contributed by atoms with E-state index in [2.05, 4.69) is 4.74 Å². The zero-order chi connectivity index (χ0) is 23.8. The van der Waals surface area contributed by atoms with Crippen LogP contribution < -0.4 is 10.1 Å². The van der Waals surface area contributed by atoms with Gasteiger partial charge < -0.3 is 20.3 Å². The topological polar surface area (TPSA) is 78.8 Å². The van der Waals surface area contributed by atoms with Crippen molar-refractivity contribution >= 4 is 23.4 Å². The van der Waals surface area contributed by atoms with Crippen molar-refractivity contribution in [2.24, 2.45) is 0 Å². The molecule has 1 aliphatic rings. The van der Waals surface area contributed by atoms with E-state index in [4.69, 9.17) is 0 Å². The van der Waals surface area contributed by atoms with Crippen LogP contribution in [-0.4, -0.2) is 40.3 Å². The molecule has 1 aliphatic heterocycles. The number of thioether (sulfide) groups is 1. The molecule has 0 fully saturated rings. The number of anilines is 1. The number of rotatable bonds is 5. The molecule has 0 aromatic heterocycles. The molecule has 0 spiro atoms. The number of aliphatic hydroxyl groups excluding tert-OH is 1. The zero-order valence-corrected chi connectivity index (χ0v) is 16.4. The van der Waals surface area contributed by atoms with Crippen molar-refractivity contribution in [2.45, 2.75) is 12.7 Å². The first-order valence-corrected chi connectivity index (χ1v) is 9.75. The van der Waals surface area contributed by atoms with E-state index in [-0.39, 0.29) is 22.7 Å². The second-order valence-electron chi connectivity index (χ2n) is 6.41.